The van der Waals surface area contributed by atoms with Gasteiger partial charge >= 0.3 is 0 Å². The highest BCUT2D eigenvalue weighted by atomic mass is 32.2. The lowest BCUT2D eigenvalue weighted by atomic mass is 9.98. The standard InChI is InChI=1S/C33H28FN5O5S/c1-19-5-9-21(10-6-19)30-29(32(40)35-2)25-14-24(27(15-28(25)44-30)38(3)45(4,42)43)22-13-26-31(36-16-22)37-18-39(33(26)41)17-20-7-11-23(34)12-8-20/h5-16,18H,17H2,1-4H3,(H,35,40). The molecule has 3 aromatic heterocycles. The van der Waals surface area contributed by atoms with E-state index in [0.717, 1.165) is 16.1 Å². The van der Waals surface area contributed by atoms with Gasteiger partial charge in [0, 0.05) is 48.4 Å². The molecule has 0 saturated heterocycles. The van der Waals surface area contributed by atoms with Crippen molar-refractivity contribution in [2.45, 2.75) is 13.5 Å². The third-order valence-electron chi connectivity index (χ3n) is 7.67. The number of amides is 1. The Labute approximate surface area is 257 Å². The first-order valence-electron chi connectivity index (χ1n) is 13.9. The number of aryl methyl sites for hydroxylation is 1. The van der Waals surface area contributed by atoms with E-state index in [2.05, 4.69) is 15.3 Å². The zero-order valence-corrected chi connectivity index (χ0v) is 25.6. The second-order valence-corrected chi connectivity index (χ2v) is 12.8. The minimum atomic E-state index is -3.74. The highest BCUT2D eigenvalue weighted by Crippen LogP contribution is 2.41. The summed E-state index contributed by atoms with van der Waals surface area (Å²) in [5, 5.41) is 3.32. The molecule has 0 saturated carbocycles. The van der Waals surface area contributed by atoms with E-state index >= 15 is 0 Å². The summed E-state index contributed by atoms with van der Waals surface area (Å²) in [6.45, 7) is 2.11. The predicted octanol–water partition coefficient (Wildman–Crippen LogP) is 5.12. The number of fused-ring (bicyclic) bond motifs is 2. The molecule has 45 heavy (non-hydrogen) atoms. The Morgan fingerprint density at radius 2 is 1.71 bits per heavy atom. The van der Waals surface area contributed by atoms with Crippen molar-refractivity contribution in [1.29, 1.82) is 0 Å². The quantitative estimate of drug-likeness (QED) is 0.261. The maximum absolute atomic E-state index is 13.6. The fraction of sp³-hybridized carbons (Fsp3) is 0.152. The lowest BCUT2D eigenvalue weighted by Gasteiger charge is -2.20. The first kappa shape index (κ1) is 29.7. The van der Waals surface area contributed by atoms with Crippen LogP contribution in [0.3, 0.4) is 0 Å². The van der Waals surface area contributed by atoms with Crippen LogP contribution in [-0.4, -0.2) is 49.2 Å². The summed E-state index contributed by atoms with van der Waals surface area (Å²) in [5.74, 6) is -0.436. The van der Waals surface area contributed by atoms with Crippen molar-refractivity contribution in [3.05, 3.63) is 112 Å². The molecule has 6 rings (SSSR count). The van der Waals surface area contributed by atoms with E-state index in [0.29, 0.717) is 39.0 Å². The van der Waals surface area contributed by atoms with Crippen molar-refractivity contribution in [2.75, 3.05) is 24.7 Å². The minimum absolute atomic E-state index is 0.159. The van der Waals surface area contributed by atoms with Gasteiger partial charge in [-0.2, -0.15) is 0 Å². The Hall–Kier alpha value is -5.36. The molecule has 0 aliphatic carbocycles. The van der Waals surface area contributed by atoms with Gasteiger partial charge in [-0.15, -0.1) is 0 Å². The number of hydrogen-bond donors (Lipinski definition) is 1. The molecule has 3 heterocycles. The average Bonchev–Trinajstić information content (AvgIpc) is 3.40. The number of carbonyl (C=O) groups excluding carboxylic acids is 1. The van der Waals surface area contributed by atoms with E-state index in [4.69, 9.17) is 4.42 Å². The molecular weight excluding hydrogens is 597 g/mol. The third-order valence-corrected chi connectivity index (χ3v) is 8.86. The third kappa shape index (κ3) is 5.55. The normalized spacial score (nSPS) is 11.7. The molecule has 1 amide bonds. The summed E-state index contributed by atoms with van der Waals surface area (Å²) in [4.78, 5) is 35.6. The van der Waals surface area contributed by atoms with Crippen LogP contribution in [0.2, 0.25) is 0 Å². The van der Waals surface area contributed by atoms with Crippen LogP contribution in [-0.2, 0) is 16.6 Å². The van der Waals surface area contributed by atoms with Crippen LogP contribution in [0.15, 0.2) is 88.5 Å². The van der Waals surface area contributed by atoms with Gasteiger partial charge in [0.15, 0.2) is 5.65 Å². The number of benzene rings is 3. The summed E-state index contributed by atoms with van der Waals surface area (Å²) < 4.78 is 47.7. The Morgan fingerprint density at radius 1 is 1.00 bits per heavy atom. The first-order valence-corrected chi connectivity index (χ1v) is 15.7. The van der Waals surface area contributed by atoms with Crippen LogP contribution in [0.1, 0.15) is 21.5 Å². The summed E-state index contributed by atoms with van der Waals surface area (Å²) in [7, 11) is -0.814. The number of anilines is 1. The zero-order chi connectivity index (χ0) is 32.0. The molecule has 228 valence electrons. The Balaban J connectivity index is 1.58. The topological polar surface area (TPSA) is 127 Å². The largest absolute Gasteiger partial charge is 0.455 e. The second kappa shape index (κ2) is 11.3. The van der Waals surface area contributed by atoms with E-state index in [1.165, 1.54) is 43.3 Å². The summed E-state index contributed by atoms with van der Waals surface area (Å²) in [5.41, 5.74) is 3.91. The Bertz CT molecular complexity index is 2280. The molecule has 3 aromatic carbocycles. The van der Waals surface area contributed by atoms with Crippen molar-refractivity contribution in [3.8, 4) is 22.5 Å². The average molecular weight is 626 g/mol. The summed E-state index contributed by atoms with van der Waals surface area (Å²) >= 11 is 0. The lowest BCUT2D eigenvalue weighted by Crippen LogP contribution is -2.25. The number of nitrogens with zero attached hydrogens (tertiary/aromatic N) is 4. The summed E-state index contributed by atoms with van der Waals surface area (Å²) in [6, 6.07) is 18.2. The number of aromatic nitrogens is 3. The number of rotatable bonds is 7. The van der Waals surface area contributed by atoms with Gasteiger partial charge in [0.25, 0.3) is 11.5 Å². The molecule has 0 fully saturated rings. The smallest absolute Gasteiger partial charge is 0.263 e. The molecule has 1 N–H and O–H groups in total. The van der Waals surface area contributed by atoms with E-state index in [9.17, 15) is 22.4 Å². The van der Waals surface area contributed by atoms with Crippen LogP contribution < -0.4 is 15.2 Å². The predicted molar refractivity (Wildman–Crippen MR) is 171 cm³/mol. The van der Waals surface area contributed by atoms with Gasteiger partial charge in [-0.1, -0.05) is 42.0 Å². The van der Waals surface area contributed by atoms with Gasteiger partial charge < -0.3 is 9.73 Å². The number of furan rings is 1. The van der Waals surface area contributed by atoms with Gasteiger partial charge in [0.2, 0.25) is 10.0 Å². The number of sulfonamides is 1. The van der Waals surface area contributed by atoms with Gasteiger partial charge in [0.1, 0.15) is 23.5 Å². The number of nitrogens with one attached hydrogen (secondary N) is 1. The van der Waals surface area contributed by atoms with Crippen LogP contribution >= 0.6 is 0 Å². The highest BCUT2D eigenvalue weighted by molar-refractivity contribution is 7.92. The van der Waals surface area contributed by atoms with Gasteiger partial charge in [-0.25, -0.2) is 22.8 Å². The lowest BCUT2D eigenvalue weighted by molar-refractivity contribution is 0.0964. The van der Waals surface area contributed by atoms with Crippen LogP contribution in [0, 0.1) is 12.7 Å². The maximum atomic E-state index is 13.6. The van der Waals surface area contributed by atoms with Gasteiger partial charge in [-0.3, -0.25) is 18.5 Å². The van der Waals surface area contributed by atoms with E-state index in [1.54, 1.807) is 30.3 Å². The van der Waals surface area contributed by atoms with Crippen molar-refractivity contribution in [1.82, 2.24) is 19.9 Å². The van der Waals surface area contributed by atoms with Crippen molar-refractivity contribution in [3.63, 3.8) is 0 Å². The fourth-order valence-electron chi connectivity index (χ4n) is 5.16. The molecule has 10 nitrogen and oxygen atoms in total. The molecule has 0 aliphatic heterocycles. The molecule has 0 aliphatic rings. The minimum Gasteiger partial charge on any atom is -0.455 e. The highest BCUT2D eigenvalue weighted by Gasteiger charge is 2.26. The van der Waals surface area contributed by atoms with Crippen LogP contribution in [0.4, 0.5) is 10.1 Å². The summed E-state index contributed by atoms with van der Waals surface area (Å²) in [6.07, 6.45) is 3.96. The molecule has 6 aromatic rings. The monoisotopic (exact) mass is 625 g/mol. The molecule has 0 spiro atoms. The van der Waals surface area contributed by atoms with Crippen LogP contribution in [0.25, 0.3) is 44.5 Å². The van der Waals surface area contributed by atoms with Gasteiger partial charge in [-0.05, 0) is 36.8 Å². The second-order valence-electron chi connectivity index (χ2n) is 10.7. The molecule has 12 heteroatoms. The van der Waals surface area contributed by atoms with Crippen LogP contribution in [0.5, 0.6) is 0 Å². The number of pyridine rings is 1. The fourth-order valence-corrected chi connectivity index (χ4v) is 5.67. The van der Waals surface area contributed by atoms with Gasteiger partial charge in [0.05, 0.1) is 29.4 Å². The zero-order valence-electron chi connectivity index (χ0n) is 24.8. The van der Waals surface area contributed by atoms with E-state index < -0.39 is 10.0 Å². The number of halogens is 1. The molecule has 0 atom stereocenters. The van der Waals surface area contributed by atoms with Crippen molar-refractivity contribution < 1.29 is 22.0 Å². The molecule has 0 bridgehead atoms. The van der Waals surface area contributed by atoms with E-state index in [1.807, 2.05) is 31.2 Å². The number of carbonyl (C=O) groups is 1. The van der Waals surface area contributed by atoms with E-state index in [-0.39, 0.29) is 46.1 Å². The first-order chi connectivity index (χ1) is 21.4. The van der Waals surface area contributed by atoms with Crippen molar-refractivity contribution >= 4 is 43.6 Å². The number of hydrogen-bond acceptors (Lipinski definition) is 7. The Morgan fingerprint density at radius 3 is 2.38 bits per heavy atom. The Kier molecular flexibility index (Phi) is 7.45. The molecule has 0 radical (unpaired) electrons. The maximum Gasteiger partial charge on any atom is 0.263 e. The molecule has 0 unspecified atom stereocenters. The van der Waals surface area contributed by atoms with Crippen molar-refractivity contribution in [2.24, 2.45) is 0 Å². The molecular formula is C33H28FN5O5S. The SMILES string of the molecule is CNC(=O)c1c(-c2ccc(C)cc2)oc2cc(N(C)S(C)(=O)=O)c(-c3cnc4ncn(Cc5ccc(F)cc5)c(=O)c4c3)cc12.